The zero-order valence-corrected chi connectivity index (χ0v) is 14.8. The third-order valence-electron chi connectivity index (χ3n) is 3.57. The Morgan fingerprint density at radius 1 is 1.14 bits per heavy atom. The van der Waals surface area contributed by atoms with Gasteiger partial charge in [-0.05, 0) is 41.9 Å². The van der Waals surface area contributed by atoms with Crippen molar-refractivity contribution in [2.45, 2.75) is 40.5 Å². The quantitative estimate of drug-likeness (QED) is 0.785. The lowest BCUT2D eigenvalue weighted by atomic mass is 9.88. The molecule has 2 nitrogen and oxygen atoms in total. The topological polar surface area (TPSA) is 37.3 Å². The molecule has 2 rings (SSSR count). The van der Waals surface area contributed by atoms with Gasteiger partial charge in [0.05, 0.1) is 0 Å². The standard InChI is InChI=1S/C17H22O2S2/c1-10(2)12-6-7-13(20-12)15-9-17(5,16(18)19)8-14(21-15)11(3)4/h6-11H,1-5H3,(H,18,19). The molecule has 0 spiro atoms. The second kappa shape index (κ2) is 6.01. The van der Waals surface area contributed by atoms with Gasteiger partial charge in [-0.25, -0.2) is 0 Å². The van der Waals surface area contributed by atoms with Gasteiger partial charge in [0.2, 0.25) is 0 Å². The third kappa shape index (κ3) is 3.43. The number of hydrogen-bond donors (Lipinski definition) is 1. The van der Waals surface area contributed by atoms with Crippen molar-refractivity contribution in [2.24, 2.45) is 11.3 Å². The van der Waals surface area contributed by atoms with E-state index in [1.54, 1.807) is 30.0 Å². The van der Waals surface area contributed by atoms with Crippen LogP contribution in [0.1, 0.15) is 50.3 Å². The van der Waals surface area contributed by atoms with Gasteiger partial charge in [-0.1, -0.05) is 45.5 Å². The van der Waals surface area contributed by atoms with E-state index in [0.29, 0.717) is 11.8 Å². The van der Waals surface area contributed by atoms with E-state index in [1.165, 1.54) is 9.75 Å². The van der Waals surface area contributed by atoms with Crippen molar-refractivity contribution in [3.63, 3.8) is 0 Å². The monoisotopic (exact) mass is 322 g/mol. The van der Waals surface area contributed by atoms with Crippen LogP contribution in [0, 0.1) is 11.3 Å². The fraction of sp³-hybridized carbons (Fsp3) is 0.471. The van der Waals surface area contributed by atoms with E-state index >= 15 is 0 Å². The van der Waals surface area contributed by atoms with Crippen LogP contribution in [0.3, 0.4) is 0 Å². The molecule has 1 atom stereocenters. The normalized spacial score (nSPS) is 22.4. The number of hydrogen-bond acceptors (Lipinski definition) is 3. The zero-order chi connectivity index (χ0) is 15.8. The van der Waals surface area contributed by atoms with Crippen LogP contribution in [0.25, 0.3) is 4.91 Å². The molecule has 0 saturated heterocycles. The number of thioether (sulfide) groups is 1. The summed E-state index contributed by atoms with van der Waals surface area (Å²) in [5, 5.41) is 9.56. The Morgan fingerprint density at radius 2 is 1.81 bits per heavy atom. The molecule has 0 bridgehead atoms. The highest BCUT2D eigenvalue weighted by atomic mass is 32.2. The number of allylic oxidation sites excluding steroid dienone is 1. The molecule has 1 unspecified atom stereocenters. The first-order valence-corrected chi connectivity index (χ1v) is 8.83. The highest BCUT2D eigenvalue weighted by Gasteiger charge is 2.34. The molecule has 2 heterocycles. The number of rotatable bonds is 4. The highest BCUT2D eigenvalue weighted by molar-refractivity contribution is 8.12. The van der Waals surface area contributed by atoms with Gasteiger partial charge >= 0.3 is 5.97 Å². The summed E-state index contributed by atoms with van der Waals surface area (Å²) in [4.78, 5) is 16.4. The second-order valence-corrected chi connectivity index (χ2v) is 8.49. The molecule has 1 N–H and O–H groups in total. The van der Waals surface area contributed by atoms with Gasteiger partial charge < -0.3 is 5.11 Å². The maximum Gasteiger partial charge on any atom is 0.317 e. The van der Waals surface area contributed by atoms with Crippen molar-refractivity contribution in [1.29, 1.82) is 0 Å². The Kier molecular flexibility index (Phi) is 4.69. The average molecular weight is 322 g/mol. The summed E-state index contributed by atoms with van der Waals surface area (Å²) in [5.41, 5.74) is -0.915. The first-order valence-electron chi connectivity index (χ1n) is 7.20. The van der Waals surface area contributed by atoms with Gasteiger partial charge in [0.1, 0.15) is 5.41 Å². The molecule has 4 heteroatoms. The summed E-state index contributed by atoms with van der Waals surface area (Å²) in [6, 6.07) is 4.27. The van der Waals surface area contributed by atoms with Crippen LogP contribution in [0.15, 0.2) is 29.2 Å². The largest absolute Gasteiger partial charge is 0.480 e. The van der Waals surface area contributed by atoms with Crippen LogP contribution in [-0.2, 0) is 4.79 Å². The predicted molar refractivity (Wildman–Crippen MR) is 92.6 cm³/mol. The molecule has 0 aromatic carbocycles. The van der Waals surface area contributed by atoms with E-state index in [2.05, 4.69) is 39.8 Å². The summed E-state index contributed by atoms with van der Waals surface area (Å²) in [7, 11) is 0. The second-order valence-electron chi connectivity index (χ2n) is 6.26. The van der Waals surface area contributed by atoms with Crippen molar-refractivity contribution >= 4 is 34.0 Å². The van der Waals surface area contributed by atoms with Crippen molar-refractivity contribution in [3.8, 4) is 0 Å². The number of aliphatic carboxylic acids is 1. The minimum absolute atomic E-state index is 0.335. The fourth-order valence-electron chi connectivity index (χ4n) is 2.12. The molecule has 0 radical (unpaired) electrons. The molecule has 0 amide bonds. The van der Waals surface area contributed by atoms with Crippen molar-refractivity contribution in [2.75, 3.05) is 0 Å². The molecule has 0 saturated carbocycles. The van der Waals surface area contributed by atoms with Crippen molar-refractivity contribution < 1.29 is 9.90 Å². The van der Waals surface area contributed by atoms with Gasteiger partial charge in [0, 0.05) is 14.7 Å². The minimum atomic E-state index is -0.915. The van der Waals surface area contributed by atoms with Crippen LogP contribution in [0.5, 0.6) is 0 Å². The number of carboxylic acid groups (broad SMARTS) is 1. The van der Waals surface area contributed by atoms with Crippen LogP contribution in [0.2, 0.25) is 0 Å². The Labute approximate surface area is 135 Å². The van der Waals surface area contributed by atoms with E-state index in [0.717, 1.165) is 9.81 Å². The van der Waals surface area contributed by atoms with Crippen molar-refractivity contribution in [1.82, 2.24) is 0 Å². The Morgan fingerprint density at radius 3 is 2.29 bits per heavy atom. The molecule has 1 aliphatic heterocycles. The lowest BCUT2D eigenvalue weighted by Crippen LogP contribution is -2.25. The van der Waals surface area contributed by atoms with Crippen LogP contribution < -0.4 is 0 Å². The first kappa shape index (κ1) is 16.4. The lowest BCUT2D eigenvalue weighted by molar-refractivity contribution is -0.142. The molecular weight excluding hydrogens is 300 g/mol. The highest BCUT2D eigenvalue weighted by Crippen LogP contribution is 2.48. The molecule has 0 aliphatic carbocycles. The third-order valence-corrected chi connectivity index (χ3v) is 6.50. The molecular formula is C17H22O2S2. The lowest BCUT2D eigenvalue weighted by Gasteiger charge is -2.27. The van der Waals surface area contributed by atoms with E-state index in [-0.39, 0.29) is 0 Å². The van der Waals surface area contributed by atoms with Gasteiger partial charge in [-0.15, -0.1) is 11.3 Å². The van der Waals surface area contributed by atoms with E-state index in [4.69, 9.17) is 0 Å². The van der Waals surface area contributed by atoms with Gasteiger partial charge in [-0.3, -0.25) is 4.79 Å². The molecule has 1 aromatic rings. The summed E-state index contributed by atoms with van der Waals surface area (Å²) in [6.07, 6.45) is 3.78. The van der Waals surface area contributed by atoms with Crippen LogP contribution in [-0.4, -0.2) is 11.1 Å². The zero-order valence-electron chi connectivity index (χ0n) is 13.1. The van der Waals surface area contributed by atoms with E-state index in [9.17, 15) is 9.90 Å². The maximum atomic E-state index is 11.6. The number of thiophene rings is 1. The van der Waals surface area contributed by atoms with Crippen LogP contribution >= 0.6 is 23.1 Å². The summed E-state index contributed by atoms with van der Waals surface area (Å²) in [6.45, 7) is 10.3. The van der Waals surface area contributed by atoms with Gasteiger partial charge in [0.15, 0.2) is 0 Å². The molecule has 1 aliphatic rings. The maximum absolute atomic E-state index is 11.6. The molecule has 1 aromatic heterocycles. The average Bonchev–Trinajstić information content (AvgIpc) is 2.87. The molecule has 114 valence electrons. The first-order chi connectivity index (χ1) is 9.73. The van der Waals surface area contributed by atoms with Gasteiger partial charge in [-0.2, -0.15) is 0 Å². The summed E-state index contributed by atoms with van der Waals surface area (Å²) in [5.74, 6) is 0.0462. The fourth-order valence-corrected chi connectivity index (χ4v) is 4.56. The smallest absolute Gasteiger partial charge is 0.317 e. The molecule has 21 heavy (non-hydrogen) atoms. The SMILES string of the molecule is CC(C)C1=CC(C)(C(=O)O)C=C(c2ccc(C(C)C)s2)S1. The Hall–Kier alpha value is -1.000. The van der Waals surface area contributed by atoms with Crippen LogP contribution in [0.4, 0.5) is 0 Å². The Bertz CT molecular complexity index is 608. The Balaban J connectivity index is 2.43. The summed E-state index contributed by atoms with van der Waals surface area (Å²) < 4.78 is 0. The number of carbonyl (C=O) groups is 1. The van der Waals surface area contributed by atoms with Crippen molar-refractivity contribution in [3.05, 3.63) is 38.9 Å². The number of carboxylic acids is 1. The van der Waals surface area contributed by atoms with E-state index in [1.807, 2.05) is 12.2 Å². The predicted octanol–water partition coefficient (Wildman–Crippen LogP) is 5.59. The van der Waals surface area contributed by atoms with Gasteiger partial charge in [0.25, 0.3) is 0 Å². The van der Waals surface area contributed by atoms with E-state index < -0.39 is 11.4 Å². The summed E-state index contributed by atoms with van der Waals surface area (Å²) >= 11 is 3.47. The minimum Gasteiger partial charge on any atom is -0.480 e. The molecule has 0 fully saturated rings.